The smallest absolute Gasteiger partial charge is 0.0361 e. The van der Waals surface area contributed by atoms with Crippen LogP contribution in [0, 0.1) is 0 Å². The minimum atomic E-state index is -1.20. The Balaban J connectivity index is 3.97. The minimum absolute atomic E-state index is 1.20. The highest BCUT2D eigenvalue weighted by Gasteiger charge is 2.25. The summed E-state index contributed by atoms with van der Waals surface area (Å²) in [5, 5.41) is 0. The summed E-state index contributed by atoms with van der Waals surface area (Å²) in [7, 11) is -1.20. The van der Waals surface area contributed by atoms with Crippen molar-refractivity contribution >= 4 is 9.16 Å². The topological polar surface area (TPSA) is 0 Å². The van der Waals surface area contributed by atoms with E-state index >= 15 is 0 Å². The molecule has 0 N–H and O–H groups in total. The second kappa shape index (κ2) is 4.55. The van der Waals surface area contributed by atoms with Crippen molar-refractivity contribution in [2.45, 2.75) is 40.0 Å². The van der Waals surface area contributed by atoms with Gasteiger partial charge in [-0.05, 0) is 36.2 Å². The van der Waals surface area contributed by atoms with Crippen molar-refractivity contribution in [3.8, 4) is 0 Å². The summed E-state index contributed by atoms with van der Waals surface area (Å²) in [5.74, 6) is 4.39. The van der Waals surface area contributed by atoms with Crippen LogP contribution in [0.3, 0.4) is 0 Å². The molecule has 12 heavy (non-hydrogen) atoms. The molecule has 1 heteroatoms. The van der Waals surface area contributed by atoms with Gasteiger partial charge in [-0.3, -0.25) is 9.16 Å². The van der Waals surface area contributed by atoms with Gasteiger partial charge in [-0.15, -0.1) is 0 Å². The molecule has 0 aromatic carbocycles. The summed E-state index contributed by atoms with van der Waals surface area (Å²) in [4.78, 5) is 0. The van der Waals surface area contributed by atoms with Crippen LogP contribution in [-0.4, -0.2) is 29.8 Å². The molecule has 0 bridgehead atoms. The zero-order valence-electron chi connectivity index (χ0n) is 9.69. The van der Waals surface area contributed by atoms with Gasteiger partial charge < -0.3 is 0 Å². The third-order valence-electron chi connectivity index (χ3n) is 3.68. The summed E-state index contributed by atoms with van der Waals surface area (Å²) in [6, 6.07) is 0. The molecular formula is C11H28S. The number of unbranched alkanes of at least 4 members (excludes halogenated alkanes) is 2. The van der Waals surface area contributed by atoms with Gasteiger partial charge in [-0.25, -0.2) is 0 Å². The normalized spacial score (nSPS) is 15.6. The predicted molar refractivity (Wildman–Crippen MR) is 66.3 cm³/mol. The third kappa shape index (κ3) is 3.84. The highest BCUT2D eigenvalue weighted by atomic mass is 32.3. The quantitative estimate of drug-likeness (QED) is 0.483. The van der Waals surface area contributed by atoms with Crippen LogP contribution in [0.15, 0.2) is 0 Å². The van der Waals surface area contributed by atoms with E-state index in [0.29, 0.717) is 0 Å². The zero-order valence-corrected chi connectivity index (χ0v) is 10.6. The molecule has 0 rings (SSSR count). The molecule has 0 aromatic rings. The van der Waals surface area contributed by atoms with E-state index in [1.165, 1.54) is 36.5 Å². The van der Waals surface area contributed by atoms with E-state index < -0.39 is 9.16 Å². The molecule has 0 spiro atoms. The average molecular weight is 192 g/mol. The van der Waals surface area contributed by atoms with Gasteiger partial charge in [0, 0.05) is 0 Å². The molecule has 0 radical (unpaired) electrons. The highest BCUT2D eigenvalue weighted by molar-refractivity contribution is 8.48. The van der Waals surface area contributed by atoms with Crippen molar-refractivity contribution in [2.24, 2.45) is 0 Å². The Morgan fingerprint density at radius 3 is 1.67 bits per heavy atom. The van der Waals surface area contributed by atoms with Crippen molar-refractivity contribution < 1.29 is 0 Å². The Morgan fingerprint density at radius 1 is 0.833 bits per heavy atom. The fourth-order valence-electron chi connectivity index (χ4n) is 1.44. The van der Waals surface area contributed by atoms with Crippen LogP contribution in [0.25, 0.3) is 0 Å². The largest absolute Gasteiger partial charge is 0.288 e. The monoisotopic (exact) mass is 192 g/mol. The van der Waals surface area contributed by atoms with E-state index in [1.54, 1.807) is 0 Å². The van der Waals surface area contributed by atoms with Crippen molar-refractivity contribution in [2.75, 3.05) is 29.8 Å². The van der Waals surface area contributed by atoms with Crippen molar-refractivity contribution in [1.82, 2.24) is 0 Å². The Morgan fingerprint density at radius 2 is 1.33 bits per heavy atom. The molecule has 0 aliphatic rings. The maximum atomic E-state index is 2.57. The molecule has 0 aliphatic carbocycles. The van der Waals surface area contributed by atoms with E-state index in [4.69, 9.17) is 0 Å². The second-order valence-corrected chi connectivity index (χ2v) is 12.8. The van der Waals surface area contributed by atoms with Crippen LogP contribution in [0.4, 0.5) is 0 Å². The lowest BCUT2D eigenvalue weighted by Crippen LogP contribution is -2.24. The van der Waals surface area contributed by atoms with E-state index in [1.807, 2.05) is 0 Å². The van der Waals surface area contributed by atoms with Crippen LogP contribution in [0.5, 0.6) is 0 Å². The van der Waals surface area contributed by atoms with E-state index in [-0.39, 0.29) is 0 Å². The van der Waals surface area contributed by atoms with Crippen LogP contribution >= 0.6 is 9.16 Å². The second-order valence-electron chi connectivity index (χ2n) is 5.08. The number of rotatable bonds is 6. The molecule has 0 amide bonds. The van der Waals surface area contributed by atoms with Gasteiger partial charge in [0.15, 0.2) is 0 Å². The van der Waals surface area contributed by atoms with Gasteiger partial charge >= 0.3 is 0 Å². The maximum absolute atomic E-state index is 2.57. The molecule has 0 unspecified atom stereocenters. The van der Waals surface area contributed by atoms with Crippen LogP contribution < -0.4 is 0 Å². The first kappa shape index (κ1) is 12.3. The maximum Gasteiger partial charge on any atom is -0.0361 e. The summed E-state index contributed by atoms with van der Waals surface area (Å²) < 4.78 is 0. The molecular weight excluding hydrogens is 164 g/mol. The highest BCUT2D eigenvalue weighted by Crippen LogP contribution is 2.62. The van der Waals surface area contributed by atoms with Gasteiger partial charge in [0.1, 0.15) is 0 Å². The predicted octanol–water partition coefficient (Wildman–Crippen LogP) is 3.55. The van der Waals surface area contributed by atoms with Gasteiger partial charge in [0.05, 0.1) is 0 Å². The first-order valence-electron chi connectivity index (χ1n) is 5.46. The minimum Gasteiger partial charge on any atom is -0.288 e. The summed E-state index contributed by atoms with van der Waals surface area (Å²) >= 11 is 0. The molecule has 78 valence electrons. The zero-order chi connectivity index (χ0) is 9.69. The molecule has 0 saturated heterocycles. The SMILES string of the molecule is CCCCC[SH](C)(C)(CC)CC. The number of hydrogen-bond acceptors (Lipinski definition) is 0. The van der Waals surface area contributed by atoms with Gasteiger partial charge in [-0.2, -0.15) is 0 Å². The van der Waals surface area contributed by atoms with Crippen LogP contribution in [0.2, 0.25) is 0 Å². The lowest BCUT2D eigenvalue weighted by Gasteiger charge is -2.54. The molecule has 0 heterocycles. The lowest BCUT2D eigenvalue weighted by molar-refractivity contribution is 0.774. The fourth-order valence-corrected chi connectivity index (χ4v) is 3.82. The van der Waals surface area contributed by atoms with Crippen LogP contribution in [-0.2, 0) is 0 Å². The molecule has 0 aliphatic heterocycles. The Labute approximate surface area is 79.4 Å². The van der Waals surface area contributed by atoms with E-state index in [2.05, 4.69) is 33.3 Å². The Bertz CT molecular complexity index is 119. The van der Waals surface area contributed by atoms with Crippen molar-refractivity contribution in [1.29, 1.82) is 0 Å². The Hall–Kier alpha value is 0.350. The third-order valence-corrected chi connectivity index (χ3v) is 9.85. The molecule has 0 nitrogen and oxygen atoms in total. The first-order chi connectivity index (χ1) is 5.46. The van der Waals surface area contributed by atoms with Crippen molar-refractivity contribution in [3.05, 3.63) is 0 Å². The summed E-state index contributed by atoms with van der Waals surface area (Å²) in [5.41, 5.74) is 0. The molecule has 0 aromatic heterocycles. The van der Waals surface area contributed by atoms with E-state index in [0.717, 1.165) is 0 Å². The average Bonchev–Trinajstić information content (AvgIpc) is 2.06. The summed E-state index contributed by atoms with van der Waals surface area (Å²) in [6.07, 6.45) is 9.39. The van der Waals surface area contributed by atoms with Crippen molar-refractivity contribution in [3.63, 3.8) is 0 Å². The summed E-state index contributed by atoms with van der Waals surface area (Å²) in [6.45, 7) is 7.05. The number of thiol groups is 1. The standard InChI is InChI=1S/C11H28S/c1-6-9-10-11-12(4,5,7-2)8-3/h12H,6-11H2,1-5H3. The van der Waals surface area contributed by atoms with Gasteiger partial charge in [0.2, 0.25) is 0 Å². The lowest BCUT2D eigenvalue weighted by atomic mass is 10.3. The molecule has 0 fully saturated rings. The Kier molecular flexibility index (Phi) is 4.68. The fraction of sp³-hybridized carbons (Fsp3) is 1.00. The number of hydrogen-bond donors (Lipinski definition) is 1. The molecule has 0 atom stereocenters. The first-order valence-corrected chi connectivity index (χ1v) is 9.15. The molecule has 0 saturated carbocycles. The van der Waals surface area contributed by atoms with E-state index in [9.17, 15) is 0 Å². The van der Waals surface area contributed by atoms with Gasteiger partial charge in [0.25, 0.3) is 0 Å². The van der Waals surface area contributed by atoms with Gasteiger partial charge in [-0.1, -0.05) is 33.6 Å². The van der Waals surface area contributed by atoms with Crippen LogP contribution in [0.1, 0.15) is 40.0 Å².